The average molecular weight is 317 g/mol. The molecule has 22 heavy (non-hydrogen) atoms. The van der Waals surface area contributed by atoms with E-state index in [-0.39, 0.29) is 0 Å². The summed E-state index contributed by atoms with van der Waals surface area (Å²) in [6.07, 6.45) is 6.91. The molecule has 116 valence electrons. The van der Waals surface area contributed by atoms with Gasteiger partial charge in [-0.1, -0.05) is 25.4 Å². The number of fused-ring (bicyclic) bond motifs is 1. The maximum Gasteiger partial charge on any atom is 0.131 e. The van der Waals surface area contributed by atoms with E-state index in [1.54, 1.807) is 6.20 Å². The van der Waals surface area contributed by atoms with E-state index in [4.69, 9.17) is 21.8 Å². The van der Waals surface area contributed by atoms with Gasteiger partial charge in [0.1, 0.15) is 16.5 Å². The van der Waals surface area contributed by atoms with Gasteiger partial charge in [0.2, 0.25) is 0 Å². The number of imidazole rings is 1. The average Bonchev–Trinajstić information content (AvgIpc) is 2.87. The molecule has 5 heteroatoms. The van der Waals surface area contributed by atoms with Crippen molar-refractivity contribution in [1.82, 2.24) is 14.5 Å². The molecular formula is C17H21ClN4. The third-order valence-electron chi connectivity index (χ3n) is 4.65. The summed E-state index contributed by atoms with van der Waals surface area (Å²) in [4.78, 5) is 8.93. The molecule has 2 aromatic heterocycles. The smallest absolute Gasteiger partial charge is 0.131 e. The van der Waals surface area contributed by atoms with Gasteiger partial charge in [0.25, 0.3) is 0 Å². The molecule has 4 nitrogen and oxygen atoms in total. The van der Waals surface area contributed by atoms with Crippen molar-refractivity contribution in [2.45, 2.75) is 57.9 Å². The summed E-state index contributed by atoms with van der Waals surface area (Å²) in [5.41, 5.74) is 2.01. The number of pyridine rings is 1. The van der Waals surface area contributed by atoms with Crippen LogP contribution in [-0.4, -0.2) is 14.5 Å². The molecule has 0 spiro atoms. The van der Waals surface area contributed by atoms with Crippen molar-refractivity contribution < 1.29 is 0 Å². The summed E-state index contributed by atoms with van der Waals surface area (Å²) in [5.74, 6) is 2.04. The van der Waals surface area contributed by atoms with Crippen molar-refractivity contribution >= 4 is 22.6 Å². The second-order valence-corrected chi connectivity index (χ2v) is 6.91. The highest BCUT2D eigenvalue weighted by Gasteiger charge is 2.26. The Labute approximate surface area is 136 Å². The number of nitriles is 1. The van der Waals surface area contributed by atoms with E-state index in [0.717, 1.165) is 42.5 Å². The molecule has 0 unspecified atom stereocenters. The highest BCUT2D eigenvalue weighted by molar-refractivity contribution is 6.29. The molecular weight excluding hydrogens is 296 g/mol. The molecule has 1 fully saturated rings. The van der Waals surface area contributed by atoms with Crippen LogP contribution >= 0.6 is 11.6 Å². The topological polar surface area (TPSA) is 54.5 Å². The Kier molecular flexibility index (Phi) is 4.35. The van der Waals surface area contributed by atoms with Gasteiger partial charge in [-0.2, -0.15) is 5.26 Å². The van der Waals surface area contributed by atoms with Gasteiger partial charge in [-0.3, -0.25) is 0 Å². The van der Waals surface area contributed by atoms with E-state index >= 15 is 0 Å². The number of nitrogens with zero attached hydrogens (tertiary/aromatic N) is 4. The van der Waals surface area contributed by atoms with Crippen LogP contribution in [0.2, 0.25) is 5.15 Å². The normalized spacial score (nSPS) is 22.1. The summed E-state index contributed by atoms with van der Waals surface area (Å²) in [7, 11) is 0. The Balaban J connectivity index is 1.97. The lowest BCUT2D eigenvalue weighted by molar-refractivity contribution is 0.276. The first-order valence-corrected chi connectivity index (χ1v) is 8.38. The quantitative estimate of drug-likeness (QED) is 0.760. The van der Waals surface area contributed by atoms with E-state index in [9.17, 15) is 0 Å². The molecule has 2 heterocycles. The van der Waals surface area contributed by atoms with Gasteiger partial charge in [-0.05, 0) is 31.6 Å². The SMILES string of the molecule is CC(C)c1nc2cnc(Cl)cc2n1C1CCC(CC#N)CC1. The van der Waals surface area contributed by atoms with Crippen molar-refractivity contribution in [1.29, 1.82) is 5.26 Å². The Bertz CT molecular complexity index is 705. The fourth-order valence-electron chi connectivity index (χ4n) is 3.52. The van der Waals surface area contributed by atoms with Crippen molar-refractivity contribution in [3.63, 3.8) is 0 Å². The number of aromatic nitrogens is 3. The first-order chi connectivity index (χ1) is 10.6. The Morgan fingerprint density at radius 2 is 2.09 bits per heavy atom. The monoisotopic (exact) mass is 316 g/mol. The van der Waals surface area contributed by atoms with E-state index in [2.05, 4.69) is 29.5 Å². The third kappa shape index (κ3) is 2.83. The minimum absolute atomic E-state index is 0.364. The van der Waals surface area contributed by atoms with Crippen LogP contribution in [0, 0.1) is 17.2 Å². The van der Waals surface area contributed by atoms with E-state index in [0.29, 0.717) is 29.5 Å². The predicted octanol–water partition coefficient (Wildman–Crippen LogP) is 4.85. The highest BCUT2D eigenvalue weighted by Crippen LogP contribution is 2.37. The standard InChI is InChI=1S/C17H21ClN4/c1-11(2)17-21-14-10-20-16(18)9-15(14)22(17)13-5-3-12(4-6-13)7-8-19/h9-13H,3-7H2,1-2H3. The molecule has 0 aliphatic heterocycles. The number of hydrogen-bond acceptors (Lipinski definition) is 3. The Hall–Kier alpha value is -1.60. The van der Waals surface area contributed by atoms with Crippen LogP contribution in [0.4, 0.5) is 0 Å². The molecule has 2 aromatic rings. The lowest BCUT2D eigenvalue weighted by atomic mass is 9.84. The van der Waals surface area contributed by atoms with Crippen molar-refractivity contribution in [2.75, 3.05) is 0 Å². The molecule has 0 saturated heterocycles. The highest BCUT2D eigenvalue weighted by atomic mass is 35.5. The third-order valence-corrected chi connectivity index (χ3v) is 4.85. The maximum atomic E-state index is 8.87. The molecule has 0 aromatic carbocycles. The molecule has 0 radical (unpaired) electrons. The van der Waals surface area contributed by atoms with Crippen LogP contribution in [0.1, 0.15) is 63.7 Å². The molecule has 0 atom stereocenters. The Morgan fingerprint density at radius 1 is 1.36 bits per heavy atom. The molecule has 1 saturated carbocycles. The lowest BCUT2D eigenvalue weighted by Gasteiger charge is -2.30. The van der Waals surface area contributed by atoms with Gasteiger partial charge >= 0.3 is 0 Å². The molecule has 3 rings (SSSR count). The van der Waals surface area contributed by atoms with Gasteiger partial charge in [0.15, 0.2) is 0 Å². The zero-order valence-corrected chi connectivity index (χ0v) is 13.8. The van der Waals surface area contributed by atoms with Crippen LogP contribution in [0.3, 0.4) is 0 Å². The minimum Gasteiger partial charge on any atom is -0.325 e. The van der Waals surface area contributed by atoms with Gasteiger partial charge in [0.05, 0.1) is 17.8 Å². The van der Waals surface area contributed by atoms with Gasteiger partial charge in [-0.15, -0.1) is 0 Å². The zero-order valence-electron chi connectivity index (χ0n) is 13.1. The summed E-state index contributed by atoms with van der Waals surface area (Å²) < 4.78 is 2.37. The van der Waals surface area contributed by atoms with Crippen LogP contribution < -0.4 is 0 Å². The number of rotatable bonds is 3. The van der Waals surface area contributed by atoms with E-state index in [1.807, 2.05) is 6.07 Å². The summed E-state index contributed by atoms with van der Waals surface area (Å²) >= 11 is 6.09. The largest absolute Gasteiger partial charge is 0.325 e. The van der Waals surface area contributed by atoms with Gasteiger partial charge < -0.3 is 4.57 Å². The molecule has 0 amide bonds. The second kappa shape index (κ2) is 6.26. The number of halogens is 1. The van der Waals surface area contributed by atoms with Crippen molar-refractivity contribution in [3.8, 4) is 6.07 Å². The van der Waals surface area contributed by atoms with Crippen molar-refractivity contribution in [3.05, 3.63) is 23.2 Å². The van der Waals surface area contributed by atoms with Gasteiger partial charge in [0, 0.05) is 24.4 Å². The fraction of sp³-hybridized carbons (Fsp3) is 0.588. The Morgan fingerprint density at radius 3 is 2.73 bits per heavy atom. The van der Waals surface area contributed by atoms with E-state index < -0.39 is 0 Å². The molecule has 1 aliphatic carbocycles. The van der Waals surface area contributed by atoms with Gasteiger partial charge in [-0.25, -0.2) is 9.97 Å². The second-order valence-electron chi connectivity index (χ2n) is 6.53. The summed E-state index contributed by atoms with van der Waals surface area (Å²) in [6, 6.07) is 4.69. The molecule has 1 aliphatic rings. The van der Waals surface area contributed by atoms with Crippen LogP contribution in [0.5, 0.6) is 0 Å². The van der Waals surface area contributed by atoms with Crippen molar-refractivity contribution in [2.24, 2.45) is 5.92 Å². The van der Waals surface area contributed by atoms with Crippen LogP contribution in [0.25, 0.3) is 11.0 Å². The molecule has 0 bridgehead atoms. The fourth-order valence-corrected chi connectivity index (χ4v) is 3.67. The zero-order chi connectivity index (χ0) is 15.7. The minimum atomic E-state index is 0.364. The maximum absolute atomic E-state index is 8.87. The lowest BCUT2D eigenvalue weighted by Crippen LogP contribution is -2.20. The first kappa shape index (κ1) is 15.3. The van der Waals surface area contributed by atoms with Crippen LogP contribution in [-0.2, 0) is 0 Å². The van der Waals surface area contributed by atoms with E-state index in [1.165, 1.54) is 0 Å². The summed E-state index contributed by atoms with van der Waals surface area (Å²) in [5, 5.41) is 9.39. The molecule has 0 N–H and O–H groups in total. The number of hydrogen-bond donors (Lipinski definition) is 0. The van der Waals surface area contributed by atoms with Crippen LogP contribution in [0.15, 0.2) is 12.3 Å². The predicted molar refractivity (Wildman–Crippen MR) is 87.9 cm³/mol. The first-order valence-electron chi connectivity index (χ1n) is 8.00. The summed E-state index contributed by atoms with van der Waals surface area (Å²) in [6.45, 7) is 4.35.